The van der Waals surface area contributed by atoms with Crippen LogP contribution in [-0.2, 0) is 11.0 Å². The largest absolute Gasteiger partial charge is 0.416 e. The number of carbonyl (C=O) groups excluding carboxylic acids is 1. The minimum atomic E-state index is -4.45. The SMILES string of the molecule is CC[C@@H](C)[C@H](NC(=O)C1CCCC1)c1nc(-c2cccc(C(F)(F)F)c2)no1. The van der Waals surface area contributed by atoms with E-state index in [1.54, 1.807) is 0 Å². The quantitative estimate of drug-likeness (QED) is 0.735. The van der Waals surface area contributed by atoms with Gasteiger partial charge >= 0.3 is 6.18 Å². The van der Waals surface area contributed by atoms with E-state index in [4.69, 9.17) is 4.52 Å². The molecule has 0 unspecified atom stereocenters. The van der Waals surface area contributed by atoms with Crippen LogP contribution in [0.5, 0.6) is 0 Å². The first-order chi connectivity index (χ1) is 13.3. The van der Waals surface area contributed by atoms with Gasteiger partial charge in [0.25, 0.3) is 0 Å². The Morgan fingerprint density at radius 1 is 1.32 bits per heavy atom. The van der Waals surface area contributed by atoms with Crippen LogP contribution in [0.25, 0.3) is 11.4 Å². The Bertz CT molecular complexity index is 813. The lowest BCUT2D eigenvalue weighted by Gasteiger charge is -2.22. The highest BCUT2D eigenvalue weighted by atomic mass is 19.4. The molecule has 0 saturated heterocycles. The molecule has 152 valence electrons. The number of alkyl halides is 3. The van der Waals surface area contributed by atoms with Crippen LogP contribution in [0.4, 0.5) is 13.2 Å². The highest BCUT2D eigenvalue weighted by molar-refractivity contribution is 5.79. The van der Waals surface area contributed by atoms with Gasteiger partial charge in [-0.2, -0.15) is 18.2 Å². The molecule has 2 atom stereocenters. The number of hydrogen-bond donors (Lipinski definition) is 1. The summed E-state index contributed by atoms with van der Waals surface area (Å²) in [5.41, 5.74) is -0.556. The summed E-state index contributed by atoms with van der Waals surface area (Å²) in [7, 11) is 0. The third-order valence-electron chi connectivity index (χ3n) is 5.39. The van der Waals surface area contributed by atoms with Gasteiger partial charge in [-0.25, -0.2) is 0 Å². The zero-order chi connectivity index (χ0) is 20.3. The monoisotopic (exact) mass is 395 g/mol. The fourth-order valence-electron chi connectivity index (χ4n) is 3.46. The number of benzene rings is 1. The number of nitrogens with zero attached hydrogens (tertiary/aromatic N) is 2. The molecule has 1 aromatic carbocycles. The number of nitrogens with one attached hydrogen (secondary N) is 1. The number of hydrogen-bond acceptors (Lipinski definition) is 4. The van der Waals surface area contributed by atoms with Crippen molar-refractivity contribution in [3.63, 3.8) is 0 Å². The number of aromatic nitrogens is 2. The lowest BCUT2D eigenvalue weighted by Crippen LogP contribution is -2.36. The van der Waals surface area contributed by atoms with Crippen molar-refractivity contribution in [1.29, 1.82) is 0 Å². The highest BCUT2D eigenvalue weighted by Gasteiger charge is 2.32. The molecule has 1 aromatic heterocycles. The van der Waals surface area contributed by atoms with Crippen molar-refractivity contribution < 1.29 is 22.5 Å². The molecule has 1 amide bonds. The summed E-state index contributed by atoms with van der Waals surface area (Å²) < 4.78 is 44.2. The summed E-state index contributed by atoms with van der Waals surface area (Å²) in [6.45, 7) is 3.96. The smallest absolute Gasteiger partial charge is 0.344 e. The van der Waals surface area contributed by atoms with Crippen molar-refractivity contribution in [1.82, 2.24) is 15.5 Å². The molecule has 1 aliphatic carbocycles. The van der Waals surface area contributed by atoms with Crippen LogP contribution in [0, 0.1) is 11.8 Å². The summed E-state index contributed by atoms with van der Waals surface area (Å²) in [6.07, 6.45) is 0.170. The zero-order valence-electron chi connectivity index (χ0n) is 15.9. The van der Waals surface area contributed by atoms with Gasteiger partial charge in [0, 0.05) is 11.5 Å². The van der Waals surface area contributed by atoms with E-state index in [1.165, 1.54) is 12.1 Å². The summed E-state index contributed by atoms with van der Waals surface area (Å²) in [5.74, 6) is 0.303. The fraction of sp³-hybridized carbons (Fsp3) is 0.550. The highest BCUT2D eigenvalue weighted by Crippen LogP contribution is 2.33. The Hall–Kier alpha value is -2.38. The Kier molecular flexibility index (Phi) is 6.05. The van der Waals surface area contributed by atoms with Crippen molar-refractivity contribution in [3.05, 3.63) is 35.7 Å². The second kappa shape index (κ2) is 8.32. The molecule has 1 fully saturated rings. The number of rotatable bonds is 6. The van der Waals surface area contributed by atoms with Crippen molar-refractivity contribution in [3.8, 4) is 11.4 Å². The molecule has 3 rings (SSSR count). The van der Waals surface area contributed by atoms with E-state index in [2.05, 4.69) is 15.5 Å². The molecule has 1 N–H and O–H groups in total. The predicted octanol–water partition coefficient (Wildman–Crippen LogP) is 5.15. The third kappa shape index (κ3) is 4.54. The van der Waals surface area contributed by atoms with Gasteiger partial charge < -0.3 is 9.84 Å². The summed E-state index contributed by atoms with van der Waals surface area (Å²) in [5, 5.41) is 6.86. The molecule has 0 bridgehead atoms. The van der Waals surface area contributed by atoms with E-state index in [0.717, 1.165) is 44.2 Å². The van der Waals surface area contributed by atoms with Crippen LogP contribution in [0.1, 0.15) is 63.4 Å². The molecule has 1 heterocycles. The Labute approximate surface area is 161 Å². The van der Waals surface area contributed by atoms with Gasteiger partial charge in [0.05, 0.1) is 5.56 Å². The van der Waals surface area contributed by atoms with E-state index in [0.29, 0.717) is 0 Å². The van der Waals surface area contributed by atoms with E-state index >= 15 is 0 Å². The number of amides is 1. The molecule has 1 aliphatic rings. The van der Waals surface area contributed by atoms with Crippen molar-refractivity contribution in [2.75, 3.05) is 0 Å². The topological polar surface area (TPSA) is 68.0 Å². The number of halogens is 3. The molecule has 1 saturated carbocycles. The van der Waals surface area contributed by atoms with Crippen LogP contribution in [0.3, 0.4) is 0 Å². The van der Waals surface area contributed by atoms with Gasteiger partial charge in [0.1, 0.15) is 6.04 Å². The van der Waals surface area contributed by atoms with E-state index in [1.807, 2.05) is 13.8 Å². The van der Waals surface area contributed by atoms with Crippen molar-refractivity contribution in [2.24, 2.45) is 11.8 Å². The average molecular weight is 395 g/mol. The molecule has 8 heteroatoms. The van der Waals surface area contributed by atoms with Gasteiger partial charge in [-0.1, -0.05) is 50.4 Å². The molecule has 0 spiro atoms. The lowest BCUT2D eigenvalue weighted by molar-refractivity contribution is -0.137. The second-order valence-corrected chi connectivity index (χ2v) is 7.39. The Morgan fingerprint density at radius 2 is 2.04 bits per heavy atom. The maximum atomic E-state index is 12.9. The van der Waals surface area contributed by atoms with E-state index in [-0.39, 0.29) is 35.0 Å². The fourth-order valence-corrected chi connectivity index (χ4v) is 3.46. The maximum absolute atomic E-state index is 12.9. The maximum Gasteiger partial charge on any atom is 0.416 e. The molecule has 5 nitrogen and oxygen atoms in total. The molecular formula is C20H24F3N3O2. The predicted molar refractivity (Wildman–Crippen MR) is 97.0 cm³/mol. The number of carbonyl (C=O) groups is 1. The van der Waals surface area contributed by atoms with Crippen molar-refractivity contribution in [2.45, 2.75) is 58.2 Å². The first-order valence-electron chi connectivity index (χ1n) is 9.61. The summed E-state index contributed by atoms with van der Waals surface area (Å²) >= 11 is 0. The minimum Gasteiger partial charge on any atom is -0.344 e. The average Bonchev–Trinajstić information content (AvgIpc) is 3.36. The van der Waals surface area contributed by atoms with Crippen LogP contribution < -0.4 is 5.32 Å². The van der Waals surface area contributed by atoms with Crippen LogP contribution >= 0.6 is 0 Å². The van der Waals surface area contributed by atoms with Gasteiger partial charge in [0.2, 0.25) is 17.6 Å². The molecule has 0 aliphatic heterocycles. The van der Waals surface area contributed by atoms with Gasteiger partial charge in [-0.05, 0) is 30.9 Å². The van der Waals surface area contributed by atoms with Crippen LogP contribution in [-0.4, -0.2) is 16.0 Å². The van der Waals surface area contributed by atoms with Crippen molar-refractivity contribution >= 4 is 5.91 Å². The van der Waals surface area contributed by atoms with Crippen LogP contribution in [0.15, 0.2) is 28.8 Å². The Balaban J connectivity index is 1.83. The molecule has 28 heavy (non-hydrogen) atoms. The zero-order valence-corrected chi connectivity index (χ0v) is 15.9. The first kappa shape index (κ1) is 20.4. The molecule has 0 radical (unpaired) electrons. The van der Waals surface area contributed by atoms with Gasteiger partial charge in [-0.15, -0.1) is 0 Å². The lowest BCUT2D eigenvalue weighted by atomic mass is 9.97. The molecule has 2 aromatic rings. The minimum absolute atomic E-state index is 0.00239. The summed E-state index contributed by atoms with van der Waals surface area (Å²) in [6, 6.07) is 4.32. The first-order valence-corrected chi connectivity index (χ1v) is 9.61. The summed E-state index contributed by atoms with van der Waals surface area (Å²) in [4.78, 5) is 16.8. The van der Waals surface area contributed by atoms with E-state index < -0.39 is 17.8 Å². The van der Waals surface area contributed by atoms with E-state index in [9.17, 15) is 18.0 Å². The van der Waals surface area contributed by atoms with Gasteiger partial charge in [0.15, 0.2) is 0 Å². The van der Waals surface area contributed by atoms with Gasteiger partial charge in [-0.3, -0.25) is 4.79 Å². The Morgan fingerprint density at radius 3 is 2.68 bits per heavy atom. The third-order valence-corrected chi connectivity index (χ3v) is 5.39. The van der Waals surface area contributed by atoms with Crippen LogP contribution in [0.2, 0.25) is 0 Å². The normalized spacial score (nSPS) is 17.5. The standard InChI is InChI=1S/C20H24F3N3O2/c1-3-12(2)16(24-18(27)13-7-4-5-8-13)19-25-17(26-28-19)14-9-6-10-15(11-14)20(21,22)23/h6,9-13,16H,3-5,7-8H2,1-2H3,(H,24,27)/t12-,16+/m1/s1. The molecular weight excluding hydrogens is 371 g/mol. The second-order valence-electron chi connectivity index (χ2n) is 7.39.